The lowest BCUT2D eigenvalue weighted by atomic mass is 10.2. The number of hydrogen-bond acceptors (Lipinski definition) is 4. The summed E-state index contributed by atoms with van der Waals surface area (Å²) < 4.78 is 0. The average molecular weight is 250 g/mol. The van der Waals surface area contributed by atoms with Crippen molar-refractivity contribution in [2.75, 3.05) is 6.54 Å². The molecule has 2 rings (SSSR count). The van der Waals surface area contributed by atoms with E-state index in [0.29, 0.717) is 0 Å². The third kappa shape index (κ3) is 3.64. The Balaban J connectivity index is 1.65. The molecular weight excluding hydrogens is 232 g/mol. The number of rotatable bonds is 6. The second-order valence-electron chi connectivity index (χ2n) is 4.15. The van der Waals surface area contributed by atoms with E-state index in [2.05, 4.69) is 40.4 Å². The molecule has 0 aromatic carbocycles. The monoisotopic (exact) mass is 250 g/mol. The summed E-state index contributed by atoms with van der Waals surface area (Å²) in [4.78, 5) is 6.91. The molecule has 0 saturated heterocycles. The van der Waals surface area contributed by atoms with Gasteiger partial charge in [0.1, 0.15) is 12.2 Å². The van der Waals surface area contributed by atoms with Crippen LogP contribution < -0.4 is 5.32 Å². The van der Waals surface area contributed by atoms with Gasteiger partial charge in [-0.2, -0.15) is 5.10 Å². The summed E-state index contributed by atoms with van der Waals surface area (Å²) in [5.74, 6) is 0.967. The predicted molar refractivity (Wildman–Crippen MR) is 70.2 cm³/mol. The van der Waals surface area contributed by atoms with E-state index >= 15 is 0 Å². The fraction of sp³-hybridized carbons (Fsp3) is 0.500. The highest BCUT2D eigenvalue weighted by atomic mass is 32.1. The lowest BCUT2D eigenvalue weighted by Crippen LogP contribution is -2.15. The molecule has 0 aliphatic rings. The van der Waals surface area contributed by atoms with Crippen LogP contribution in [0.15, 0.2) is 12.4 Å². The highest BCUT2D eigenvalue weighted by Gasteiger charge is 2.02. The van der Waals surface area contributed by atoms with E-state index in [9.17, 15) is 0 Å². The number of nitrogens with one attached hydrogen (secondary N) is 2. The number of nitrogens with zero attached hydrogens (tertiary/aromatic N) is 2. The van der Waals surface area contributed by atoms with Crippen LogP contribution >= 0.6 is 11.3 Å². The van der Waals surface area contributed by atoms with E-state index in [1.54, 1.807) is 6.33 Å². The van der Waals surface area contributed by atoms with Crippen molar-refractivity contribution in [1.82, 2.24) is 20.5 Å². The van der Waals surface area contributed by atoms with Gasteiger partial charge in [-0.3, -0.25) is 5.10 Å². The van der Waals surface area contributed by atoms with Crippen LogP contribution in [0.4, 0.5) is 0 Å². The highest BCUT2D eigenvalue weighted by molar-refractivity contribution is 7.12. The zero-order valence-corrected chi connectivity index (χ0v) is 11.1. The third-order valence-electron chi connectivity index (χ3n) is 2.69. The van der Waals surface area contributed by atoms with E-state index in [-0.39, 0.29) is 0 Å². The van der Waals surface area contributed by atoms with Crippen LogP contribution in [0, 0.1) is 13.8 Å². The first-order valence-electron chi connectivity index (χ1n) is 5.86. The Morgan fingerprint density at radius 3 is 2.94 bits per heavy atom. The Morgan fingerprint density at radius 2 is 2.29 bits per heavy atom. The Hall–Kier alpha value is -1.20. The molecule has 2 aromatic rings. The minimum atomic E-state index is 0.953. The summed E-state index contributed by atoms with van der Waals surface area (Å²) in [6, 6.07) is 2.27. The summed E-state index contributed by atoms with van der Waals surface area (Å²) in [5, 5.41) is 10.2. The number of aromatic amines is 1. The minimum absolute atomic E-state index is 0.953. The van der Waals surface area contributed by atoms with Crippen LogP contribution in [-0.2, 0) is 13.0 Å². The van der Waals surface area contributed by atoms with Crippen LogP contribution in [0.3, 0.4) is 0 Å². The van der Waals surface area contributed by atoms with Gasteiger partial charge in [-0.05, 0) is 38.4 Å². The van der Waals surface area contributed by atoms with E-state index in [1.165, 1.54) is 15.3 Å². The molecular formula is C12H18N4S. The number of aryl methyl sites for hydroxylation is 3. The van der Waals surface area contributed by atoms with Gasteiger partial charge in [0.15, 0.2) is 0 Å². The molecule has 0 unspecified atom stereocenters. The molecule has 5 heteroatoms. The Bertz CT molecular complexity index is 447. The molecule has 0 saturated carbocycles. The molecule has 0 aliphatic heterocycles. The maximum absolute atomic E-state index is 4.10. The molecule has 2 heterocycles. The van der Waals surface area contributed by atoms with Gasteiger partial charge in [-0.15, -0.1) is 11.3 Å². The van der Waals surface area contributed by atoms with Gasteiger partial charge in [0.25, 0.3) is 0 Å². The second-order valence-corrected chi connectivity index (χ2v) is 5.61. The fourth-order valence-corrected chi connectivity index (χ4v) is 2.76. The highest BCUT2D eigenvalue weighted by Crippen LogP contribution is 2.20. The average Bonchev–Trinajstić information content (AvgIpc) is 2.89. The third-order valence-corrected chi connectivity index (χ3v) is 3.70. The van der Waals surface area contributed by atoms with Crippen LogP contribution in [0.1, 0.15) is 27.6 Å². The van der Waals surface area contributed by atoms with Gasteiger partial charge in [0.2, 0.25) is 0 Å². The molecule has 2 N–H and O–H groups in total. The molecule has 0 amide bonds. The van der Waals surface area contributed by atoms with Gasteiger partial charge >= 0.3 is 0 Å². The maximum atomic E-state index is 4.10. The van der Waals surface area contributed by atoms with Gasteiger partial charge < -0.3 is 5.32 Å². The van der Waals surface area contributed by atoms with Gasteiger partial charge in [0.05, 0.1) is 0 Å². The molecule has 92 valence electrons. The fourth-order valence-electron chi connectivity index (χ4n) is 1.81. The number of thiophene rings is 1. The summed E-state index contributed by atoms with van der Waals surface area (Å²) in [7, 11) is 0. The maximum Gasteiger partial charge on any atom is 0.137 e. The molecule has 0 fully saturated rings. The van der Waals surface area contributed by atoms with E-state index in [4.69, 9.17) is 0 Å². The number of H-pyrrole nitrogens is 1. The topological polar surface area (TPSA) is 53.6 Å². The Kier molecular flexibility index (Phi) is 4.28. The first-order chi connectivity index (χ1) is 8.25. The van der Waals surface area contributed by atoms with E-state index in [1.807, 2.05) is 11.3 Å². The zero-order chi connectivity index (χ0) is 12.1. The van der Waals surface area contributed by atoms with Crippen molar-refractivity contribution in [1.29, 1.82) is 0 Å². The van der Waals surface area contributed by atoms with Gasteiger partial charge in [0, 0.05) is 22.7 Å². The summed E-state index contributed by atoms with van der Waals surface area (Å²) in [6.07, 6.45) is 3.59. The summed E-state index contributed by atoms with van der Waals surface area (Å²) >= 11 is 1.87. The van der Waals surface area contributed by atoms with Crippen molar-refractivity contribution < 1.29 is 0 Å². The minimum Gasteiger partial charge on any atom is -0.313 e. The van der Waals surface area contributed by atoms with Crippen molar-refractivity contribution in [2.45, 2.75) is 33.2 Å². The van der Waals surface area contributed by atoms with Crippen LogP contribution in [0.2, 0.25) is 0 Å². The van der Waals surface area contributed by atoms with Crippen molar-refractivity contribution in [3.8, 4) is 0 Å². The number of hydrogen-bond donors (Lipinski definition) is 2. The largest absolute Gasteiger partial charge is 0.313 e. The summed E-state index contributed by atoms with van der Waals surface area (Å²) in [5.41, 5.74) is 1.42. The van der Waals surface area contributed by atoms with Crippen LogP contribution in [-0.4, -0.2) is 21.7 Å². The first kappa shape index (κ1) is 12.3. The SMILES string of the molecule is Cc1cc(CNCCCc2ncn[nH]2)c(C)s1. The molecule has 2 aromatic heterocycles. The zero-order valence-electron chi connectivity index (χ0n) is 10.3. The van der Waals surface area contributed by atoms with E-state index in [0.717, 1.165) is 31.8 Å². The smallest absolute Gasteiger partial charge is 0.137 e. The number of aromatic nitrogens is 3. The summed E-state index contributed by atoms with van der Waals surface area (Å²) in [6.45, 7) is 6.32. The van der Waals surface area contributed by atoms with Crippen molar-refractivity contribution >= 4 is 11.3 Å². The van der Waals surface area contributed by atoms with Crippen molar-refractivity contribution in [3.63, 3.8) is 0 Å². The second kappa shape index (κ2) is 5.93. The molecule has 0 bridgehead atoms. The van der Waals surface area contributed by atoms with E-state index < -0.39 is 0 Å². The van der Waals surface area contributed by atoms with Crippen LogP contribution in [0.5, 0.6) is 0 Å². The normalized spacial score (nSPS) is 10.9. The van der Waals surface area contributed by atoms with Crippen LogP contribution in [0.25, 0.3) is 0 Å². The Morgan fingerprint density at radius 1 is 1.41 bits per heavy atom. The predicted octanol–water partition coefficient (Wildman–Crippen LogP) is 2.21. The van der Waals surface area contributed by atoms with Crippen molar-refractivity contribution in [2.24, 2.45) is 0 Å². The standard InChI is InChI=1S/C12H18N4S/c1-9-6-11(10(2)17-9)7-13-5-3-4-12-14-8-15-16-12/h6,8,13H,3-5,7H2,1-2H3,(H,14,15,16). The molecule has 4 nitrogen and oxygen atoms in total. The lowest BCUT2D eigenvalue weighted by molar-refractivity contribution is 0.639. The quantitative estimate of drug-likeness (QED) is 0.773. The lowest BCUT2D eigenvalue weighted by Gasteiger charge is -2.03. The molecule has 0 spiro atoms. The van der Waals surface area contributed by atoms with Gasteiger partial charge in [-0.25, -0.2) is 4.98 Å². The van der Waals surface area contributed by atoms with Crippen molar-refractivity contribution in [3.05, 3.63) is 33.5 Å². The van der Waals surface area contributed by atoms with Gasteiger partial charge in [-0.1, -0.05) is 0 Å². The molecule has 0 aliphatic carbocycles. The molecule has 17 heavy (non-hydrogen) atoms. The Labute approximate surface area is 105 Å². The molecule has 0 radical (unpaired) electrons. The molecule has 0 atom stereocenters. The first-order valence-corrected chi connectivity index (χ1v) is 6.68.